The molecule has 0 amide bonds. The van der Waals surface area contributed by atoms with Crippen LogP contribution in [0.2, 0.25) is 10.0 Å². The van der Waals surface area contributed by atoms with Crippen molar-refractivity contribution >= 4 is 60.7 Å². The molecule has 1 aromatic heterocycles. The fraction of sp³-hybridized carbons (Fsp3) is 0.100. The predicted octanol–water partition coefficient (Wildman–Crippen LogP) is 2.87. The third-order valence-corrected chi connectivity index (χ3v) is 4.78. The van der Waals surface area contributed by atoms with Crippen LogP contribution in [0, 0.1) is 0 Å². The Labute approximate surface area is 134 Å². The minimum atomic E-state index is -3.92. The zero-order valence-corrected chi connectivity index (χ0v) is 14.0. The Morgan fingerprint density at radius 2 is 1.90 bits per heavy atom. The Balaban J connectivity index is 2.46. The molecule has 0 spiro atoms. The van der Waals surface area contributed by atoms with Gasteiger partial charge in [-0.1, -0.05) is 39.1 Å². The second-order valence-electron chi connectivity index (χ2n) is 3.90. The van der Waals surface area contributed by atoms with Crippen molar-refractivity contribution in [2.75, 3.05) is 10.5 Å². The normalized spacial score (nSPS) is 11.6. The average molecular weight is 400 g/mol. The van der Waals surface area contributed by atoms with Gasteiger partial charge in [0.25, 0.3) is 10.0 Å². The molecule has 0 saturated carbocycles. The Kier molecular flexibility index (Phi) is 4.19. The third kappa shape index (κ3) is 3.03. The molecule has 6 nitrogen and oxygen atoms in total. The van der Waals surface area contributed by atoms with Crippen molar-refractivity contribution in [3.05, 3.63) is 32.8 Å². The first kappa shape index (κ1) is 15.4. The van der Waals surface area contributed by atoms with Gasteiger partial charge in [-0.15, -0.1) is 0 Å². The smallest absolute Gasteiger partial charge is 0.267 e. The second-order valence-corrected chi connectivity index (χ2v) is 7.28. The molecule has 0 radical (unpaired) electrons. The average Bonchev–Trinajstić information content (AvgIpc) is 2.64. The van der Waals surface area contributed by atoms with E-state index >= 15 is 0 Å². The zero-order valence-electron chi connectivity index (χ0n) is 10.1. The van der Waals surface area contributed by atoms with Crippen molar-refractivity contribution in [2.45, 2.75) is 4.90 Å². The molecular formula is C10H9BrCl2N4O2S. The van der Waals surface area contributed by atoms with Gasteiger partial charge in [-0.3, -0.25) is 9.40 Å². The maximum absolute atomic E-state index is 12.3. The number of nitrogen functional groups attached to an aromatic ring is 1. The molecule has 3 N–H and O–H groups in total. The van der Waals surface area contributed by atoms with Gasteiger partial charge in [0.05, 0.1) is 15.7 Å². The fourth-order valence-electron chi connectivity index (χ4n) is 1.52. The molecule has 2 rings (SSSR count). The molecule has 0 saturated heterocycles. The lowest BCUT2D eigenvalue weighted by Crippen LogP contribution is -2.14. The summed E-state index contributed by atoms with van der Waals surface area (Å²) in [6.45, 7) is 0. The number of sulfonamides is 1. The number of nitrogens with two attached hydrogens (primary N) is 1. The first-order chi connectivity index (χ1) is 9.20. The topological polar surface area (TPSA) is 90.0 Å². The summed E-state index contributed by atoms with van der Waals surface area (Å²) in [6, 6.07) is 3.05. The molecule has 108 valence electrons. The van der Waals surface area contributed by atoms with E-state index in [0.717, 1.165) is 0 Å². The number of nitrogens with one attached hydrogen (secondary N) is 1. The third-order valence-electron chi connectivity index (χ3n) is 2.35. The highest BCUT2D eigenvalue weighted by molar-refractivity contribution is 9.10. The Hall–Kier alpha value is -0.960. The van der Waals surface area contributed by atoms with Crippen LogP contribution in [-0.4, -0.2) is 18.2 Å². The number of hydrogen-bond donors (Lipinski definition) is 2. The van der Waals surface area contributed by atoms with E-state index in [4.69, 9.17) is 28.9 Å². The van der Waals surface area contributed by atoms with Crippen LogP contribution in [0.25, 0.3) is 0 Å². The van der Waals surface area contributed by atoms with Gasteiger partial charge >= 0.3 is 0 Å². The molecule has 0 aliphatic heterocycles. The van der Waals surface area contributed by atoms with Crippen LogP contribution >= 0.6 is 39.1 Å². The highest BCUT2D eigenvalue weighted by Crippen LogP contribution is 2.35. The summed E-state index contributed by atoms with van der Waals surface area (Å²) in [6.07, 6.45) is 1.29. The highest BCUT2D eigenvalue weighted by Gasteiger charge is 2.23. The van der Waals surface area contributed by atoms with E-state index in [2.05, 4.69) is 25.8 Å². The lowest BCUT2D eigenvalue weighted by molar-refractivity contribution is 0.601. The van der Waals surface area contributed by atoms with E-state index in [0.29, 0.717) is 4.47 Å². The number of anilines is 2. The quantitative estimate of drug-likeness (QED) is 0.830. The fourth-order valence-corrected chi connectivity index (χ4v) is 4.14. The minimum Gasteiger partial charge on any atom is -0.381 e. The Bertz CT molecular complexity index is 753. The summed E-state index contributed by atoms with van der Waals surface area (Å²) in [5, 5.41) is 4.10. The molecule has 0 fully saturated rings. The lowest BCUT2D eigenvalue weighted by atomic mass is 10.3. The van der Waals surface area contributed by atoms with E-state index in [1.165, 1.54) is 23.0 Å². The number of aryl methyl sites for hydroxylation is 1. The maximum atomic E-state index is 12.3. The van der Waals surface area contributed by atoms with Crippen molar-refractivity contribution in [3.8, 4) is 0 Å². The van der Waals surface area contributed by atoms with E-state index in [-0.39, 0.29) is 26.4 Å². The molecule has 0 unspecified atom stereocenters. The standard InChI is InChI=1S/C10H9BrCl2N4O2S/c1-17-4-8(10(14)15-17)20(18,19)16-9-6(12)2-5(11)3-7(9)13/h2-4,16H,1H3,(H2,14,15). The predicted molar refractivity (Wildman–Crippen MR) is 82.6 cm³/mol. The summed E-state index contributed by atoms with van der Waals surface area (Å²) in [4.78, 5) is -0.143. The van der Waals surface area contributed by atoms with Crippen LogP contribution < -0.4 is 10.5 Å². The molecule has 20 heavy (non-hydrogen) atoms. The summed E-state index contributed by atoms with van der Waals surface area (Å²) in [5.41, 5.74) is 5.64. The summed E-state index contributed by atoms with van der Waals surface area (Å²) < 4.78 is 28.7. The van der Waals surface area contributed by atoms with Crippen LogP contribution in [0.5, 0.6) is 0 Å². The van der Waals surface area contributed by atoms with Crippen LogP contribution in [0.15, 0.2) is 27.7 Å². The van der Waals surface area contributed by atoms with Gasteiger partial charge in [-0.2, -0.15) is 5.10 Å². The van der Waals surface area contributed by atoms with Crippen molar-refractivity contribution in [2.24, 2.45) is 7.05 Å². The number of nitrogens with zero attached hydrogens (tertiary/aromatic N) is 2. The van der Waals surface area contributed by atoms with E-state index in [1.54, 1.807) is 7.05 Å². The number of hydrogen-bond acceptors (Lipinski definition) is 4. The van der Waals surface area contributed by atoms with Gasteiger partial charge in [0.1, 0.15) is 4.90 Å². The summed E-state index contributed by atoms with van der Waals surface area (Å²) in [7, 11) is -2.36. The van der Waals surface area contributed by atoms with Gasteiger partial charge in [0.15, 0.2) is 5.82 Å². The SMILES string of the molecule is Cn1cc(S(=O)(=O)Nc2c(Cl)cc(Br)cc2Cl)c(N)n1. The van der Waals surface area contributed by atoms with E-state index < -0.39 is 10.0 Å². The number of halogens is 3. The summed E-state index contributed by atoms with van der Waals surface area (Å²) in [5.74, 6) is -0.107. The van der Waals surface area contributed by atoms with Crippen molar-refractivity contribution in [3.63, 3.8) is 0 Å². The van der Waals surface area contributed by atoms with E-state index in [9.17, 15) is 8.42 Å². The van der Waals surface area contributed by atoms with Crippen LogP contribution in [0.4, 0.5) is 11.5 Å². The van der Waals surface area contributed by atoms with Crippen LogP contribution in [0.3, 0.4) is 0 Å². The van der Waals surface area contributed by atoms with Crippen molar-refractivity contribution in [1.29, 1.82) is 0 Å². The maximum Gasteiger partial charge on any atom is 0.267 e. The highest BCUT2D eigenvalue weighted by atomic mass is 79.9. The minimum absolute atomic E-state index is 0.0831. The molecule has 0 aliphatic carbocycles. The molecule has 1 aromatic carbocycles. The van der Waals surface area contributed by atoms with Gasteiger partial charge in [0.2, 0.25) is 0 Å². The largest absolute Gasteiger partial charge is 0.381 e. The Morgan fingerprint density at radius 1 is 1.35 bits per heavy atom. The molecule has 10 heteroatoms. The lowest BCUT2D eigenvalue weighted by Gasteiger charge is -2.11. The molecule has 0 bridgehead atoms. The van der Waals surface area contributed by atoms with Crippen LogP contribution in [-0.2, 0) is 17.1 Å². The van der Waals surface area contributed by atoms with Gasteiger partial charge < -0.3 is 5.73 Å². The number of aromatic nitrogens is 2. The van der Waals surface area contributed by atoms with Crippen molar-refractivity contribution in [1.82, 2.24) is 9.78 Å². The molecule has 1 heterocycles. The molecule has 0 aliphatic rings. The van der Waals surface area contributed by atoms with Crippen LogP contribution in [0.1, 0.15) is 0 Å². The van der Waals surface area contributed by atoms with Crippen molar-refractivity contribution < 1.29 is 8.42 Å². The van der Waals surface area contributed by atoms with Gasteiger partial charge in [0, 0.05) is 17.7 Å². The Morgan fingerprint density at radius 3 is 2.35 bits per heavy atom. The summed E-state index contributed by atoms with van der Waals surface area (Å²) >= 11 is 15.2. The molecular weight excluding hydrogens is 391 g/mol. The molecule has 2 aromatic rings. The monoisotopic (exact) mass is 398 g/mol. The first-order valence-electron chi connectivity index (χ1n) is 5.17. The number of benzene rings is 1. The van der Waals surface area contributed by atoms with E-state index in [1.807, 2.05) is 0 Å². The van der Waals surface area contributed by atoms with Gasteiger partial charge in [-0.05, 0) is 12.1 Å². The second kappa shape index (κ2) is 5.44. The zero-order chi connectivity index (χ0) is 15.1. The van der Waals surface area contributed by atoms with Gasteiger partial charge in [-0.25, -0.2) is 8.42 Å². The number of rotatable bonds is 3. The first-order valence-corrected chi connectivity index (χ1v) is 8.20. The molecule has 0 atom stereocenters.